The first-order valence-electron chi connectivity index (χ1n) is 6.15. The van der Waals surface area contributed by atoms with Gasteiger partial charge in [-0.1, -0.05) is 6.92 Å². The average Bonchev–Trinajstić information content (AvgIpc) is 2.43. The van der Waals surface area contributed by atoms with Crippen molar-refractivity contribution in [2.75, 3.05) is 7.05 Å². The molecule has 0 aromatic carbocycles. The van der Waals surface area contributed by atoms with Gasteiger partial charge in [-0.2, -0.15) is 13.2 Å². The third-order valence-electron chi connectivity index (χ3n) is 3.89. The number of ether oxygens (including phenoxy) is 1. The Bertz CT molecular complexity index is 244. The highest BCUT2D eigenvalue weighted by atomic mass is 19.4. The van der Waals surface area contributed by atoms with Gasteiger partial charge in [-0.05, 0) is 33.2 Å². The molecule has 1 fully saturated rings. The highest BCUT2D eigenvalue weighted by Crippen LogP contribution is 2.36. The van der Waals surface area contributed by atoms with E-state index in [1.165, 1.54) is 0 Å². The maximum atomic E-state index is 12.3. The highest BCUT2D eigenvalue weighted by Gasteiger charge is 2.42. The van der Waals surface area contributed by atoms with Gasteiger partial charge >= 0.3 is 6.18 Å². The van der Waals surface area contributed by atoms with E-state index in [0.717, 1.165) is 0 Å². The largest absolute Gasteiger partial charge is 0.389 e. The average molecular weight is 253 g/mol. The first-order chi connectivity index (χ1) is 7.76. The van der Waals surface area contributed by atoms with Crippen LogP contribution in [0.5, 0.6) is 0 Å². The lowest BCUT2D eigenvalue weighted by Crippen LogP contribution is -2.40. The summed E-state index contributed by atoms with van der Waals surface area (Å²) in [6.07, 6.45) is -4.55. The summed E-state index contributed by atoms with van der Waals surface area (Å²) in [5, 5.41) is 3.02. The molecular weight excluding hydrogens is 231 g/mol. The highest BCUT2D eigenvalue weighted by molar-refractivity contribution is 4.91. The fraction of sp³-hybridized carbons (Fsp3) is 1.00. The Morgan fingerprint density at radius 1 is 1.18 bits per heavy atom. The quantitative estimate of drug-likeness (QED) is 0.831. The zero-order chi connectivity index (χ0) is 13.2. The van der Waals surface area contributed by atoms with Crippen LogP contribution in [-0.4, -0.2) is 31.5 Å². The molecule has 0 saturated carbocycles. The zero-order valence-corrected chi connectivity index (χ0v) is 10.8. The van der Waals surface area contributed by atoms with Gasteiger partial charge in [0.25, 0.3) is 0 Å². The Morgan fingerprint density at radius 2 is 1.76 bits per heavy atom. The van der Waals surface area contributed by atoms with Crippen LogP contribution in [-0.2, 0) is 4.74 Å². The Morgan fingerprint density at radius 3 is 2.12 bits per heavy atom. The van der Waals surface area contributed by atoms with Gasteiger partial charge in [-0.15, -0.1) is 0 Å². The molecule has 0 radical (unpaired) electrons. The molecule has 0 aromatic rings. The molecule has 1 aliphatic heterocycles. The molecule has 0 bridgehead atoms. The van der Waals surface area contributed by atoms with Crippen molar-refractivity contribution in [3.63, 3.8) is 0 Å². The molecule has 0 aromatic heterocycles. The lowest BCUT2D eigenvalue weighted by molar-refractivity contribution is -0.137. The lowest BCUT2D eigenvalue weighted by Gasteiger charge is -2.29. The van der Waals surface area contributed by atoms with Crippen LogP contribution >= 0.6 is 0 Å². The molecule has 102 valence electrons. The van der Waals surface area contributed by atoms with Gasteiger partial charge in [0.15, 0.2) is 0 Å². The van der Waals surface area contributed by atoms with Crippen molar-refractivity contribution in [1.29, 1.82) is 0 Å². The van der Waals surface area contributed by atoms with Crippen LogP contribution < -0.4 is 5.32 Å². The topological polar surface area (TPSA) is 21.3 Å². The fourth-order valence-corrected chi connectivity index (χ4v) is 2.84. The predicted octanol–water partition coefficient (Wildman–Crippen LogP) is 2.98. The maximum Gasteiger partial charge on any atom is 0.389 e. The van der Waals surface area contributed by atoms with Gasteiger partial charge < -0.3 is 10.1 Å². The molecule has 1 saturated heterocycles. The minimum atomic E-state index is -4.08. The standard InChI is InChI=1S/C12H22F3NO/c1-7-8(2)17-9(3)11(7)10(16-4)5-6-12(13,14)15/h7-11,16H,5-6H2,1-4H3. The number of nitrogens with one attached hydrogen (secondary N) is 1. The van der Waals surface area contributed by atoms with Gasteiger partial charge in [-0.3, -0.25) is 0 Å². The van der Waals surface area contributed by atoms with Crippen LogP contribution in [0.3, 0.4) is 0 Å². The van der Waals surface area contributed by atoms with Crippen LogP contribution in [0.2, 0.25) is 0 Å². The second-order valence-electron chi connectivity index (χ2n) is 5.03. The van der Waals surface area contributed by atoms with Gasteiger partial charge in [-0.25, -0.2) is 0 Å². The molecule has 2 nitrogen and oxygen atoms in total. The second-order valence-corrected chi connectivity index (χ2v) is 5.03. The molecule has 1 rings (SSSR count). The van der Waals surface area contributed by atoms with E-state index in [0.29, 0.717) is 0 Å². The number of rotatable bonds is 4. The molecule has 1 heterocycles. The zero-order valence-electron chi connectivity index (χ0n) is 10.8. The van der Waals surface area contributed by atoms with Crippen molar-refractivity contribution < 1.29 is 17.9 Å². The summed E-state index contributed by atoms with van der Waals surface area (Å²) in [6, 6.07) is -0.133. The number of hydrogen-bond acceptors (Lipinski definition) is 2. The molecule has 5 unspecified atom stereocenters. The van der Waals surface area contributed by atoms with E-state index in [-0.39, 0.29) is 36.5 Å². The Balaban J connectivity index is 2.61. The molecule has 1 aliphatic rings. The molecule has 0 aliphatic carbocycles. The number of hydrogen-bond donors (Lipinski definition) is 1. The molecule has 0 amide bonds. The Labute approximate surface area is 101 Å². The summed E-state index contributed by atoms with van der Waals surface area (Å²) < 4.78 is 42.4. The minimum absolute atomic E-state index is 0.0192. The van der Waals surface area contributed by atoms with Crippen molar-refractivity contribution >= 4 is 0 Å². The molecule has 5 heteroatoms. The van der Waals surface area contributed by atoms with E-state index in [4.69, 9.17) is 4.74 Å². The maximum absolute atomic E-state index is 12.3. The molecule has 17 heavy (non-hydrogen) atoms. The van der Waals surface area contributed by atoms with Crippen molar-refractivity contribution in [2.45, 2.75) is 58.0 Å². The van der Waals surface area contributed by atoms with E-state index in [1.807, 2.05) is 13.8 Å². The molecular formula is C12H22F3NO. The van der Waals surface area contributed by atoms with Crippen molar-refractivity contribution in [2.24, 2.45) is 11.8 Å². The van der Waals surface area contributed by atoms with E-state index in [1.54, 1.807) is 7.05 Å². The van der Waals surface area contributed by atoms with E-state index in [9.17, 15) is 13.2 Å². The van der Waals surface area contributed by atoms with Gasteiger partial charge in [0.1, 0.15) is 0 Å². The summed E-state index contributed by atoms with van der Waals surface area (Å²) >= 11 is 0. The van der Waals surface area contributed by atoms with E-state index >= 15 is 0 Å². The molecule has 1 N–H and O–H groups in total. The summed E-state index contributed by atoms with van der Waals surface area (Å²) in [5.41, 5.74) is 0. The van der Waals surface area contributed by atoms with Crippen molar-refractivity contribution in [1.82, 2.24) is 5.32 Å². The lowest BCUT2D eigenvalue weighted by atomic mass is 9.81. The predicted molar refractivity (Wildman–Crippen MR) is 60.8 cm³/mol. The first-order valence-corrected chi connectivity index (χ1v) is 6.15. The van der Waals surface area contributed by atoms with Gasteiger partial charge in [0.05, 0.1) is 12.2 Å². The molecule has 5 atom stereocenters. The van der Waals surface area contributed by atoms with Crippen LogP contribution in [0.25, 0.3) is 0 Å². The summed E-state index contributed by atoms with van der Waals surface area (Å²) in [7, 11) is 1.73. The van der Waals surface area contributed by atoms with Crippen molar-refractivity contribution in [3.05, 3.63) is 0 Å². The van der Waals surface area contributed by atoms with E-state index in [2.05, 4.69) is 12.2 Å². The normalized spacial score (nSPS) is 36.2. The smallest absolute Gasteiger partial charge is 0.375 e. The van der Waals surface area contributed by atoms with Crippen LogP contribution in [0.4, 0.5) is 13.2 Å². The third kappa shape index (κ3) is 3.85. The number of halogens is 3. The van der Waals surface area contributed by atoms with Crippen LogP contribution in [0, 0.1) is 11.8 Å². The Hall–Kier alpha value is -0.290. The second kappa shape index (κ2) is 5.57. The molecule has 0 spiro atoms. The van der Waals surface area contributed by atoms with E-state index < -0.39 is 12.6 Å². The van der Waals surface area contributed by atoms with Crippen molar-refractivity contribution in [3.8, 4) is 0 Å². The van der Waals surface area contributed by atoms with Gasteiger partial charge in [0.2, 0.25) is 0 Å². The monoisotopic (exact) mass is 253 g/mol. The third-order valence-corrected chi connectivity index (χ3v) is 3.89. The summed E-state index contributed by atoms with van der Waals surface area (Å²) in [5.74, 6) is 0.438. The Kier molecular flexibility index (Phi) is 4.84. The van der Waals surface area contributed by atoms with Crippen LogP contribution in [0.1, 0.15) is 33.6 Å². The summed E-state index contributed by atoms with van der Waals surface area (Å²) in [6.45, 7) is 5.98. The van der Waals surface area contributed by atoms with Gasteiger partial charge in [0, 0.05) is 18.4 Å². The SMILES string of the molecule is CNC(CCC(F)(F)F)C1C(C)OC(C)C1C. The fourth-order valence-electron chi connectivity index (χ4n) is 2.84. The van der Waals surface area contributed by atoms with Crippen LogP contribution in [0.15, 0.2) is 0 Å². The first kappa shape index (κ1) is 14.8. The number of alkyl halides is 3. The minimum Gasteiger partial charge on any atom is -0.375 e. The summed E-state index contributed by atoms with van der Waals surface area (Å²) in [4.78, 5) is 0.